The lowest BCUT2D eigenvalue weighted by molar-refractivity contribution is 0.464. The molecule has 55 valence electrons. The molecule has 1 aromatic carbocycles. The molecule has 1 aliphatic heterocycles. The van der Waals surface area contributed by atoms with Crippen molar-refractivity contribution in [3.63, 3.8) is 0 Å². The molecule has 0 unspecified atom stereocenters. The van der Waals surface area contributed by atoms with Gasteiger partial charge in [-0.1, -0.05) is 12.1 Å². The van der Waals surface area contributed by atoms with Gasteiger partial charge in [0.15, 0.2) is 0 Å². The summed E-state index contributed by atoms with van der Waals surface area (Å²) in [5.41, 5.74) is 2.27. The van der Waals surface area contributed by atoms with Crippen molar-refractivity contribution in [3.8, 4) is 5.75 Å². The molecule has 0 aromatic heterocycles. The number of hydrogen-bond acceptors (Lipinski definition) is 1. The number of allylic oxidation sites excluding steroid dienone is 1. The first-order chi connectivity index (χ1) is 5.38. The fourth-order valence-corrected chi connectivity index (χ4v) is 1.24. The monoisotopic (exact) mass is 145 g/mol. The number of benzene rings is 1. The van der Waals surface area contributed by atoms with E-state index >= 15 is 0 Å². The molecule has 1 nitrogen and oxygen atoms in total. The second-order valence-corrected chi connectivity index (χ2v) is 2.59. The van der Waals surface area contributed by atoms with Crippen molar-refractivity contribution < 1.29 is 4.74 Å². The van der Waals surface area contributed by atoms with Gasteiger partial charge in [-0.3, -0.25) is 0 Å². The van der Waals surface area contributed by atoms with Crippen LogP contribution < -0.4 is 4.74 Å². The van der Waals surface area contributed by atoms with Crippen molar-refractivity contribution in [3.05, 3.63) is 48.6 Å². The predicted octanol–water partition coefficient (Wildman–Crippen LogP) is 2.32. The molecule has 0 saturated carbocycles. The van der Waals surface area contributed by atoms with E-state index in [0.29, 0.717) is 0 Å². The molecule has 1 aromatic rings. The Labute approximate surface area is 66.3 Å². The van der Waals surface area contributed by atoms with Crippen molar-refractivity contribution in [2.75, 3.05) is 0 Å². The maximum absolute atomic E-state index is 5.28. The summed E-state index contributed by atoms with van der Waals surface area (Å²) >= 11 is 0. The second-order valence-electron chi connectivity index (χ2n) is 2.59. The standard InChI is InChI=1S/C10H9O/c1-8-4-2-6-10-9(8)5-3-7-11-10/h2-4,6-7H,1,5H2. The molecule has 0 N–H and O–H groups in total. The van der Waals surface area contributed by atoms with Crippen molar-refractivity contribution in [1.29, 1.82) is 0 Å². The number of fused-ring (bicyclic) bond motifs is 1. The Balaban J connectivity index is 2.54. The fraction of sp³-hybridized carbons (Fsp3) is 0.100. The van der Waals surface area contributed by atoms with Crippen LogP contribution in [0.1, 0.15) is 11.1 Å². The first kappa shape index (κ1) is 6.47. The van der Waals surface area contributed by atoms with Crippen molar-refractivity contribution in [2.45, 2.75) is 6.42 Å². The lowest BCUT2D eigenvalue weighted by atomic mass is 10.0. The number of hydrogen-bond donors (Lipinski definition) is 0. The normalized spacial score (nSPS) is 13.9. The first-order valence-electron chi connectivity index (χ1n) is 3.63. The van der Waals surface area contributed by atoms with Crippen LogP contribution in [0.4, 0.5) is 0 Å². The van der Waals surface area contributed by atoms with Gasteiger partial charge in [0.2, 0.25) is 0 Å². The van der Waals surface area contributed by atoms with Crippen LogP contribution in [0.3, 0.4) is 0 Å². The maximum Gasteiger partial charge on any atom is 0.130 e. The third-order valence-corrected chi connectivity index (χ3v) is 1.84. The number of rotatable bonds is 0. The Morgan fingerprint density at radius 2 is 2.27 bits per heavy atom. The smallest absolute Gasteiger partial charge is 0.130 e. The van der Waals surface area contributed by atoms with Crippen LogP contribution in [0.5, 0.6) is 5.75 Å². The molecule has 0 spiro atoms. The molecule has 1 heteroatoms. The second kappa shape index (κ2) is 2.42. The molecular weight excluding hydrogens is 136 g/mol. The van der Waals surface area contributed by atoms with Crippen LogP contribution in [-0.2, 0) is 6.42 Å². The highest BCUT2D eigenvalue weighted by Gasteiger charge is 2.06. The number of ether oxygens (including phenoxy) is 1. The maximum atomic E-state index is 5.28. The highest BCUT2D eigenvalue weighted by atomic mass is 16.5. The molecule has 0 fully saturated rings. The van der Waals surface area contributed by atoms with E-state index in [-0.39, 0.29) is 0 Å². The third-order valence-electron chi connectivity index (χ3n) is 1.84. The van der Waals surface area contributed by atoms with Crippen LogP contribution >= 0.6 is 0 Å². The molecule has 0 saturated heterocycles. The van der Waals surface area contributed by atoms with E-state index in [1.807, 2.05) is 24.3 Å². The summed E-state index contributed by atoms with van der Waals surface area (Å²) in [4.78, 5) is 0. The lowest BCUT2D eigenvalue weighted by Gasteiger charge is -2.12. The lowest BCUT2D eigenvalue weighted by Crippen LogP contribution is -1.97. The van der Waals surface area contributed by atoms with Gasteiger partial charge in [-0.05, 0) is 31.1 Å². The van der Waals surface area contributed by atoms with Crippen LogP contribution in [-0.4, -0.2) is 0 Å². The van der Waals surface area contributed by atoms with Crippen molar-refractivity contribution in [1.82, 2.24) is 0 Å². The average molecular weight is 145 g/mol. The zero-order valence-corrected chi connectivity index (χ0v) is 6.21. The highest BCUT2D eigenvalue weighted by molar-refractivity contribution is 5.44. The van der Waals surface area contributed by atoms with Crippen LogP contribution in [0.15, 0.2) is 30.5 Å². The zero-order valence-electron chi connectivity index (χ0n) is 6.21. The summed E-state index contributed by atoms with van der Waals surface area (Å²) in [5, 5.41) is 0. The minimum Gasteiger partial charge on any atom is -0.465 e. The molecule has 1 heterocycles. The van der Waals surface area contributed by atoms with Gasteiger partial charge in [0, 0.05) is 5.56 Å². The molecule has 1 radical (unpaired) electrons. The van der Waals surface area contributed by atoms with E-state index in [2.05, 4.69) is 6.92 Å². The van der Waals surface area contributed by atoms with E-state index in [9.17, 15) is 0 Å². The van der Waals surface area contributed by atoms with Gasteiger partial charge in [0.1, 0.15) is 5.75 Å². The predicted molar refractivity (Wildman–Crippen MR) is 44.4 cm³/mol. The van der Waals surface area contributed by atoms with Gasteiger partial charge >= 0.3 is 0 Å². The summed E-state index contributed by atoms with van der Waals surface area (Å²) in [7, 11) is 0. The quantitative estimate of drug-likeness (QED) is 0.544. The molecule has 11 heavy (non-hydrogen) atoms. The molecule has 0 amide bonds. The van der Waals surface area contributed by atoms with E-state index in [0.717, 1.165) is 17.7 Å². The van der Waals surface area contributed by atoms with Gasteiger partial charge in [0.05, 0.1) is 6.26 Å². The summed E-state index contributed by atoms with van der Waals surface area (Å²) in [6.45, 7) is 3.92. The van der Waals surface area contributed by atoms with Crippen LogP contribution in [0.2, 0.25) is 0 Å². The Hall–Kier alpha value is -1.24. The molecule has 0 atom stereocenters. The zero-order chi connectivity index (χ0) is 7.68. The largest absolute Gasteiger partial charge is 0.465 e. The van der Waals surface area contributed by atoms with Gasteiger partial charge in [-0.25, -0.2) is 0 Å². The van der Waals surface area contributed by atoms with Gasteiger partial charge in [-0.15, -0.1) is 0 Å². The Bertz CT molecular complexity index is 300. The van der Waals surface area contributed by atoms with Gasteiger partial charge in [-0.2, -0.15) is 0 Å². The SMILES string of the molecule is [CH2]c1cccc2c1CC=CO2. The molecule has 0 aliphatic carbocycles. The Kier molecular flexibility index (Phi) is 1.42. The summed E-state index contributed by atoms with van der Waals surface area (Å²) in [5.74, 6) is 0.944. The third kappa shape index (κ3) is 1.03. The summed E-state index contributed by atoms with van der Waals surface area (Å²) in [6, 6.07) is 5.93. The van der Waals surface area contributed by atoms with E-state index in [1.165, 1.54) is 5.56 Å². The minimum atomic E-state index is 0.939. The molecule has 2 rings (SSSR count). The summed E-state index contributed by atoms with van der Waals surface area (Å²) < 4.78 is 5.28. The highest BCUT2D eigenvalue weighted by Crippen LogP contribution is 2.25. The van der Waals surface area contributed by atoms with Crippen molar-refractivity contribution in [2.24, 2.45) is 0 Å². The van der Waals surface area contributed by atoms with E-state index in [4.69, 9.17) is 4.74 Å². The molecule has 1 aliphatic rings. The minimum absolute atomic E-state index is 0.939. The van der Waals surface area contributed by atoms with Crippen LogP contribution in [0.25, 0.3) is 0 Å². The van der Waals surface area contributed by atoms with Crippen LogP contribution in [0, 0.1) is 6.92 Å². The molecule has 0 bridgehead atoms. The average Bonchev–Trinajstić information content (AvgIpc) is 2.06. The summed E-state index contributed by atoms with van der Waals surface area (Å²) in [6.07, 6.45) is 4.66. The Morgan fingerprint density at radius 1 is 1.36 bits per heavy atom. The fourth-order valence-electron chi connectivity index (χ4n) is 1.24. The van der Waals surface area contributed by atoms with Gasteiger partial charge in [0.25, 0.3) is 0 Å². The van der Waals surface area contributed by atoms with E-state index < -0.39 is 0 Å². The topological polar surface area (TPSA) is 9.23 Å². The van der Waals surface area contributed by atoms with E-state index in [1.54, 1.807) is 6.26 Å². The van der Waals surface area contributed by atoms with Crippen molar-refractivity contribution >= 4 is 0 Å². The van der Waals surface area contributed by atoms with Gasteiger partial charge < -0.3 is 4.74 Å². The first-order valence-corrected chi connectivity index (χ1v) is 3.63. The molecular formula is C10H9O. The Morgan fingerprint density at radius 3 is 3.09 bits per heavy atom.